The van der Waals surface area contributed by atoms with E-state index in [1.807, 2.05) is 0 Å². The molecule has 118 valence electrons. The normalized spacial score (nSPS) is 26.9. The van der Waals surface area contributed by atoms with Crippen LogP contribution >= 0.6 is 0 Å². The Labute approximate surface area is 131 Å². The van der Waals surface area contributed by atoms with Gasteiger partial charge in [-0.2, -0.15) is 0 Å². The predicted octanol–water partition coefficient (Wildman–Crippen LogP) is 5.07. The number of benzene rings is 1. The minimum absolute atomic E-state index is 0.431. The monoisotopic (exact) mass is 287 g/mol. The van der Waals surface area contributed by atoms with Crippen molar-refractivity contribution in [3.63, 3.8) is 0 Å². The molecule has 1 heteroatoms. The van der Waals surface area contributed by atoms with Crippen LogP contribution in [0.1, 0.15) is 62.6 Å². The second-order valence-electron chi connectivity index (χ2n) is 8.09. The van der Waals surface area contributed by atoms with Gasteiger partial charge >= 0.3 is 0 Å². The summed E-state index contributed by atoms with van der Waals surface area (Å²) in [5.41, 5.74) is 4.98. The van der Waals surface area contributed by atoms with Gasteiger partial charge in [-0.05, 0) is 86.6 Å². The highest BCUT2D eigenvalue weighted by atomic mass is 14.8. The van der Waals surface area contributed by atoms with E-state index in [0.717, 1.165) is 24.3 Å². The van der Waals surface area contributed by atoms with Crippen LogP contribution in [-0.4, -0.2) is 13.6 Å². The van der Waals surface area contributed by atoms with E-state index >= 15 is 0 Å². The van der Waals surface area contributed by atoms with E-state index in [2.05, 4.69) is 65.2 Å². The molecule has 1 aliphatic carbocycles. The fourth-order valence-corrected chi connectivity index (χ4v) is 4.08. The Morgan fingerprint density at radius 3 is 2.48 bits per heavy atom. The van der Waals surface area contributed by atoms with Crippen LogP contribution < -0.4 is 5.32 Å². The Morgan fingerprint density at radius 2 is 1.86 bits per heavy atom. The molecule has 1 N–H and O–H groups in total. The van der Waals surface area contributed by atoms with Gasteiger partial charge in [0.1, 0.15) is 0 Å². The third kappa shape index (κ3) is 3.69. The molecule has 0 aliphatic heterocycles. The summed E-state index contributed by atoms with van der Waals surface area (Å²) in [6.07, 6.45) is 4.10. The summed E-state index contributed by atoms with van der Waals surface area (Å²) in [4.78, 5) is 0. The van der Waals surface area contributed by atoms with Gasteiger partial charge in [0.2, 0.25) is 0 Å². The maximum absolute atomic E-state index is 3.42. The molecule has 1 nitrogen and oxygen atoms in total. The molecule has 0 heterocycles. The minimum Gasteiger partial charge on any atom is -0.319 e. The van der Waals surface area contributed by atoms with E-state index in [0.29, 0.717) is 5.41 Å². The lowest BCUT2D eigenvalue weighted by atomic mass is 9.63. The van der Waals surface area contributed by atoms with Crippen LogP contribution in [0.25, 0.3) is 0 Å². The molecule has 1 aliphatic rings. The summed E-state index contributed by atoms with van der Waals surface area (Å²) < 4.78 is 0. The molecule has 3 atom stereocenters. The Morgan fingerprint density at radius 1 is 1.14 bits per heavy atom. The summed E-state index contributed by atoms with van der Waals surface area (Å²) in [6.45, 7) is 12.9. The zero-order valence-electron chi connectivity index (χ0n) is 14.8. The first kappa shape index (κ1) is 16.5. The van der Waals surface area contributed by atoms with Crippen molar-refractivity contribution in [2.24, 2.45) is 17.3 Å². The van der Waals surface area contributed by atoms with E-state index in [9.17, 15) is 0 Å². The van der Waals surface area contributed by atoms with Gasteiger partial charge in [-0.1, -0.05) is 39.0 Å². The molecule has 1 aromatic carbocycles. The quantitative estimate of drug-likeness (QED) is 0.818. The van der Waals surface area contributed by atoms with E-state index in [-0.39, 0.29) is 0 Å². The van der Waals surface area contributed by atoms with Crippen molar-refractivity contribution in [2.75, 3.05) is 13.6 Å². The second kappa shape index (κ2) is 6.52. The molecule has 0 radical (unpaired) electrons. The first-order chi connectivity index (χ1) is 9.84. The van der Waals surface area contributed by atoms with Crippen molar-refractivity contribution in [3.05, 3.63) is 34.9 Å². The van der Waals surface area contributed by atoms with Gasteiger partial charge in [-0.3, -0.25) is 0 Å². The van der Waals surface area contributed by atoms with Crippen molar-refractivity contribution in [1.82, 2.24) is 5.32 Å². The Hall–Kier alpha value is -0.820. The maximum Gasteiger partial charge on any atom is -0.00177 e. The van der Waals surface area contributed by atoms with Gasteiger partial charge in [0, 0.05) is 0 Å². The van der Waals surface area contributed by atoms with Crippen LogP contribution in [0.4, 0.5) is 0 Å². The third-order valence-electron chi connectivity index (χ3n) is 5.73. The maximum atomic E-state index is 3.42. The molecular weight excluding hydrogens is 254 g/mol. The highest BCUT2D eigenvalue weighted by Gasteiger charge is 2.36. The number of aryl methyl sites for hydroxylation is 1. The van der Waals surface area contributed by atoms with Crippen LogP contribution in [0.5, 0.6) is 0 Å². The summed E-state index contributed by atoms with van der Waals surface area (Å²) in [5.74, 6) is 2.35. The van der Waals surface area contributed by atoms with Crippen molar-refractivity contribution in [2.45, 2.75) is 59.8 Å². The van der Waals surface area contributed by atoms with Gasteiger partial charge < -0.3 is 5.32 Å². The molecule has 0 spiro atoms. The molecule has 0 saturated heterocycles. The predicted molar refractivity (Wildman–Crippen MR) is 92.9 cm³/mol. The standard InChI is InChI=1S/C20H33N/c1-14-8-7-9-18(15(14)2)19-12-17(20(3,4)5)11-10-16(19)13-21-6/h7-9,16-17,19,21H,10-13H2,1-6H3. The topological polar surface area (TPSA) is 12.0 Å². The molecule has 2 rings (SSSR count). The molecule has 0 amide bonds. The van der Waals surface area contributed by atoms with Crippen LogP contribution in [-0.2, 0) is 0 Å². The smallest absolute Gasteiger partial charge is 0.00177 e. The minimum atomic E-state index is 0.431. The van der Waals surface area contributed by atoms with E-state index in [1.54, 1.807) is 5.56 Å². The lowest BCUT2D eigenvalue weighted by molar-refractivity contribution is 0.130. The average Bonchev–Trinajstić information content (AvgIpc) is 2.42. The molecule has 0 bridgehead atoms. The zero-order chi connectivity index (χ0) is 15.6. The van der Waals surface area contributed by atoms with Gasteiger partial charge in [0.25, 0.3) is 0 Å². The van der Waals surface area contributed by atoms with Crippen molar-refractivity contribution in [1.29, 1.82) is 0 Å². The average molecular weight is 287 g/mol. The molecule has 3 unspecified atom stereocenters. The van der Waals surface area contributed by atoms with Gasteiger partial charge in [0.15, 0.2) is 0 Å². The molecular formula is C20H33N. The van der Waals surface area contributed by atoms with Gasteiger partial charge in [0.05, 0.1) is 0 Å². The fraction of sp³-hybridized carbons (Fsp3) is 0.700. The number of hydrogen-bond acceptors (Lipinski definition) is 1. The summed E-state index contributed by atoms with van der Waals surface area (Å²) >= 11 is 0. The fourth-order valence-electron chi connectivity index (χ4n) is 4.08. The number of rotatable bonds is 3. The second-order valence-corrected chi connectivity index (χ2v) is 8.09. The lowest BCUT2D eigenvalue weighted by Gasteiger charge is -2.42. The van der Waals surface area contributed by atoms with Crippen molar-refractivity contribution in [3.8, 4) is 0 Å². The molecule has 1 aromatic rings. The summed E-state index contributed by atoms with van der Waals surface area (Å²) in [5, 5.41) is 3.42. The Bertz CT molecular complexity index is 469. The third-order valence-corrected chi connectivity index (χ3v) is 5.73. The van der Waals surface area contributed by atoms with Crippen LogP contribution in [0, 0.1) is 31.1 Å². The van der Waals surface area contributed by atoms with Crippen LogP contribution in [0.2, 0.25) is 0 Å². The first-order valence-electron chi connectivity index (χ1n) is 8.55. The molecule has 1 fully saturated rings. The van der Waals surface area contributed by atoms with Gasteiger partial charge in [-0.25, -0.2) is 0 Å². The lowest BCUT2D eigenvalue weighted by Crippen LogP contribution is -2.35. The van der Waals surface area contributed by atoms with Crippen LogP contribution in [0.3, 0.4) is 0 Å². The van der Waals surface area contributed by atoms with E-state index < -0.39 is 0 Å². The number of hydrogen-bond donors (Lipinski definition) is 1. The summed E-state index contributed by atoms with van der Waals surface area (Å²) in [7, 11) is 2.09. The highest BCUT2D eigenvalue weighted by molar-refractivity contribution is 5.36. The SMILES string of the molecule is CNCC1CCC(C(C)(C)C)CC1c1cccc(C)c1C. The highest BCUT2D eigenvalue weighted by Crippen LogP contribution is 2.47. The first-order valence-corrected chi connectivity index (χ1v) is 8.55. The van der Waals surface area contributed by atoms with E-state index in [4.69, 9.17) is 0 Å². The molecule has 0 aromatic heterocycles. The van der Waals surface area contributed by atoms with Crippen LogP contribution in [0.15, 0.2) is 18.2 Å². The van der Waals surface area contributed by atoms with Crippen molar-refractivity contribution < 1.29 is 0 Å². The van der Waals surface area contributed by atoms with E-state index in [1.165, 1.54) is 30.4 Å². The number of nitrogens with one attached hydrogen (secondary N) is 1. The zero-order valence-corrected chi connectivity index (χ0v) is 14.8. The Kier molecular flexibility index (Phi) is 5.14. The summed E-state index contributed by atoms with van der Waals surface area (Å²) in [6, 6.07) is 6.87. The van der Waals surface area contributed by atoms with Crippen molar-refractivity contribution >= 4 is 0 Å². The Balaban J connectivity index is 2.31. The largest absolute Gasteiger partial charge is 0.319 e. The molecule has 1 saturated carbocycles. The van der Waals surface area contributed by atoms with Gasteiger partial charge in [-0.15, -0.1) is 0 Å². The molecule has 21 heavy (non-hydrogen) atoms.